The predicted octanol–water partition coefficient (Wildman–Crippen LogP) is 4.66. The summed E-state index contributed by atoms with van der Waals surface area (Å²) in [5, 5.41) is 15.6. The number of hydrogen-bond acceptors (Lipinski definition) is 5. The molecule has 4 aromatic rings. The molecular weight excluding hydrogens is 380 g/mol. The number of benzene rings is 2. The van der Waals surface area contributed by atoms with Gasteiger partial charge in [0.1, 0.15) is 0 Å². The molecule has 1 N–H and O–H groups in total. The van der Waals surface area contributed by atoms with Crippen LogP contribution >= 0.6 is 0 Å². The molecule has 30 heavy (non-hydrogen) atoms. The minimum Gasteiger partial charge on any atom is -0.481 e. The Morgan fingerprint density at radius 1 is 1.07 bits per heavy atom. The van der Waals surface area contributed by atoms with Crippen LogP contribution in [-0.2, 0) is 13.0 Å². The third-order valence-electron chi connectivity index (χ3n) is 5.01. The molecule has 4 rings (SSSR count). The predicted molar refractivity (Wildman–Crippen MR) is 117 cm³/mol. The average Bonchev–Trinajstić information content (AvgIpc) is 3.11. The summed E-state index contributed by atoms with van der Waals surface area (Å²) in [7, 11) is 1.49. The zero-order valence-corrected chi connectivity index (χ0v) is 16.6. The lowest BCUT2D eigenvalue weighted by molar-refractivity contribution is -0.384. The molecule has 0 amide bonds. The lowest BCUT2D eigenvalue weighted by Gasteiger charge is -2.07. The number of nitrogens with zero attached hydrogens (tertiary/aromatic N) is 3. The first-order chi connectivity index (χ1) is 14.7. The fraction of sp³-hybridized carbons (Fsp3) is 0.174. The van der Waals surface area contributed by atoms with Crippen molar-refractivity contribution in [3.8, 4) is 5.88 Å². The molecule has 0 bridgehead atoms. The maximum Gasteiger partial charge on any atom is 0.311 e. The second-order valence-corrected chi connectivity index (χ2v) is 6.94. The molecule has 0 fully saturated rings. The van der Waals surface area contributed by atoms with Crippen LogP contribution in [-0.4, -0.2) is 28.1 Å². The number of para-hydroxylation sites is 1. The van der Waals surface area contributed by atoms with Crippen LogP contribution in [0.2, 0.25) is 0 Å². The Bertz CT molecular complexity index is 1170. The van der Waals surface area contributed by atoms with Gasteiger partial charge in [-0.2, -0.15) is 4.98 Å². The molecule has 2 aromatic carbocycles. The molecule has 0 aliphatic rings. The van der Waals surface area contributed by atoms with Gasteiger partial charge in [0.15, 0.2) is 0 Å². The number of methoxy groups -OCH3 is 1. The van der Waals surface area contributed by atoms with Gasteiger partial charge in [-0.05, 0) is 23.6 Å². The standard InChI is InChI=1S/C23H22N4O3/c1-30-22-12-11-21(27(28)29)23(25-22)24-14-13-18-16-26(15-17-7-3-2-4-8-17)20-10-6-5-9-19(18)20/h2-12,16H,13-15H2,1H3,(H,24,25). The SMILES string of the molecule is COc1ccc([N+](=O)[O-])c(NCCc2cn(Cc3ccccc3)c3ccccc23)n1. The third kappa shape index (κ3) is 4.10. The number of nitrogens with one attached hydrogen (secondary N) is 1. The van der Waals surface area contributed by atoms with E-state index in [2.05, 4.69) is 45.3 Å². The molecule has 152 valence electrons. The van der Waals surface area contributed by atoms with E-state index in [1.54, 1.807) is 0 Å². The van der Waals surface area contributed by atoms with Gasteiger partial charge >= 0.3 is 5.69 Å². The van der Waals surface area contributed by atoms with E-state index >= 15 is 0 Å². The molecule has 2 heterocycles. The molecule has 0 unspecified atom stereocenters. The van der Waals surface area contributed by atoms with Crippen molar-refractivity contribution in [3.05, 3.63) is 94.2 Å². The highest BCUT2D eigenvalue weighted by molar-refractivity contribution is 5.84. The molecule has 0 aliphatic carbocycles. The minimum absolute atomic E-state index is 0.0673. The average molecular weight is 402 g/mol. The number of anilines is 1. The van der Waals surface area contributed by atoms with Crippen molar-refractivity contribution in [1.82, 2.24) is 9.55 Å². The summed E-state index contributed by atoms with van der Waals surface area (Å²) in [5.74, 6) is 0.551. The Kier molecular flexibility index (Phi) is 5.61. The summed E-state index contributed by atoms with van der Waals surface area (Å²) in [6.45, 7) is 1.30. The van der Waals surface area contributed by atoms with Gasteiger partial charge in [0.05, 0.1) is 12.0 Å². The van der Waals surface area contributed by atoms with Crippen molar-refractivity contribution >= 4 is 22.4 Å². The number of hydrogen-bond donors (Lipinski definition) is 1. The summed E-state index contributed by atoms with van der Waals surface area (Å²) in [6, 6.07) is 21.5. The quantitative estimate of drug-likeness (QED) is 0.342. The summed E-state index contributed by atoms with van der Waals surface area (Å²) >= 11 is 0. The first-order valence-corrected chi connectivity index (χ1v) is 9.69. The first kappa shape index (κ1) is 19.4. The van der Waals surface area contributed by atoms with Crippen LogP contribution in [0, 0.1) is 10.1 Å². The van der Waals surface area contributed by atoms with E-state index < -0.39 is 4.92 Å². The normalized spacial score (nSPS) is 10.8. The highest BCUT2D eigenvalue weighted by Crippen LogP contribution is 2.26. The molecule has 0 atom stereocenters. The van der Waals surface area contributed by atoms with Crippen LogP contribution in [0.15, 0.2) is 72.9 Å². The van der Waals surface area contributed by atoms with Gasteiger partial charge in [-0.25, -0.2) is 0 Å². The summed E-state index contributed by atoms with van der Waals surface area (Å²) in [6.07, 6.45) is 2.87. The fourth-order valence-corrected chi connectivity index (χ4v) is 3.57. The molecule has 2 aromatic heterocycles. The van der Waals surface area contributed by atoms with Gasteiger partial charge in [-0.1, -0.05) is 48.5 Å². The minimum atomic E-state index is -0.444. The van der Waals surface area contributed by atoms with Gasteiger partial charge in [-0.15, -0.1) is 0 Å². The third-order valence-corrected chi connectivity index (χ3v) is 5.01. The Morgan fingerprint density at radius 2 is 1.83 bits per heavy atom. The van der Waals surface area contributed by atoms with E-state index in [4.69, 9.17) is 4.74 Å². The zero-order chi connectivity index (χ0) is 20.9. The summed E-state index contributed by atoms with van der Waals surface area (Å²) < 4.78 is 7.34. The number of ether oxygens (including phenoxy) is 1. The van der Waals surface area contributed by atoms with Gasteiger partial charge in [0.2, 0.25) is 11.7 Å². The Balaban J connectivity index is 1.55. The molecule has 7 heteroatoms. The highest BCUT2D eigenvalue weighted by atomic mass is 16.6. The lowest BCUT2D eigenvalue weighted by atomic mass is 10.1. The molecule has 0 aliphatic heterocycles. The number of pyridine rings is 1. The Labute approximate surface area is 174 Å². The summed E-state index contributed by atoms with van der Waals surface area (Å²) in [4.78, 5) is 15.0. The van der Waals surface area contributed by atoms with Crippen LogP contribution in [0.25, 0.3) is 10.9 Å². The van der Waals surface area contributed by atoms with E-state index in [9.17, 15) is 10.1 Å². The number of fused-ring (bicyclic) bond motifs is 1. The van der Waals surface area contributed by atoms with Gasteiger partial charge < -0.3 is 14.6 Å². The van der Waals surface area contributed by atoms with Gasteiger partial charge in [0, 0.05) is 42.3 Å². The van der Waals surface area contributed by atoms with Crippen LogP contribution < -0.4 is 10.1 Å². The van der Waals surface area contributed by atoms with Crippen molar-refractivity contribution < 1.29 is 9.66 Å². The molecule has 0 spiro atoms. The van der Waals surface area contributed by atoms with Crippen LogP contribution in [0.4, 0.5) is 11.5 Å². The number of nitro groups is 1. The van der Waals surface area contributed by atoms with Crippen molar-refractivity contribution in [2.24, 2.45) is 0 Å². The number of aromatic nitrogens is 2. The van der Waals surface area contributed by atoms with Crippen molar-refractivity contribution in [3.63, 3.8) is 0 Å². The highest BCUT2D eigenvalue weighted by Gasteiger charge is 2.16. The van der Waals surface area contributed by atoms with Crippen molar-refractivity contribution in [2.75, 3.05) is 19.0 Å². The molecule has 0 saturated carbocycles. The van der Waals surface area contributed by atoms with E-state index in [0.717, 1.165) is 6.54 Å². The molecule has 7 nitrogen and oxygen atoms in total. The van der Waals surface area contributed by atoms with E-state index in [0.29, 0.717) is 18.8 Å². The smallest absolute Gasteiger partial charge is 0.311 e. The van der Waals surface area contributed by atoms with Crippen LogP contribution in [0.3, 0.4) is 0 Å². The topological polar surface area (TPSA) is 82.2 Å². The monoisotopic (exact) mass is 402 g/mol. The largest absolute Gasteiger partial charge is 0.481 e. The number of rotatable bonds is 8. The maximum atomic E-state index is 11.3. The van der Waals surface area contributed by atoms with Crippen molar-refractivity contribution in [2.45, 2.75) is 13.0 Å². The molecular formula is C23H22N4O3. The van der Waals surface area contributed by atoms with Crippen LogP contribution in [0.1, 0.15) is 11.1 Å². The van der Waals surface area contributed by atoms with Crippen LogP contribution in [0.5, 0.6) is 5.88 Å². The van der Waals surface area contributed by atoms with Gasteiger partial charge in [0.25, 0.3) is 0 Å². The van der Waals surface area contributed by atoms with Gasteiger partial charge in [-0.3, -0.25) is 10.1 Å². The van der Waals surface area contributed by atoms with Crippen molar-refractivity contribution in [1.29, 1.82) is 0 Å². The second kappa shape index (κ2) is 8.65. The van der Waals surface area contributed by atoms with E-state index in [1.807, 2.05) is 30.3 Å². The molecule has 0 saturated heterocycles. The molecule has 0 radical (unpaired) electrons. The Morgan fingerprint density at radius 3 is 2.60 bits per heavy atom. The zero-order valence-electron chi connectivity index (χ0n) is 16.6. The van der Waals surface area contributed by atoms with E-state index in [-0.39, 0.29) is 11.5 Å². The lowest BCUT2D eigenvalue weighted by Crippen LogP contribution is -2.09. The summed E-state index contributed by atoms with van der Waals surface area (Å²) in [5.41, 5.74) is 3.52. The second-order valence-electron chi connectivity index (χ2n) is 6.94. The maximum absolute atomic E-state index is 11.3. The van der Waals surface area contributed by atoms with E-state index in [1.165, 1.54) is 41.3 Å². The first-order valence-electron chi connectivity index (χ1n) is 9.69. The fourth-order valence-electron chi connectivity index (χ4n) is 3.57. The Hall–Kier alpha value is -3.87.